The number of allylic oxidation sites excluding steroid dienone is 1. The van der Waals surface area contributed by atoms with Crippen molar-refractivity contribution < 1.29 is 4.79 Å². The van der Waals surface area contributed by atoms with Crippen molar-refractivity contribution in [2.24, 2.45) is 0 Å². The Bertz CT molecular complexity index is 718. The summed E-state index contributed by atoms with van der Waals surface area (Å²) < 4.78 is 1.89. The van der Waals surface area contributed by atoms with E-state index >= 15 is 0 Å². The molecule has 5 heteroatoms. The fraction of sp³-hybridized carbons (Fsp3) is 0.353. The number of nitrogens with one attached hydrogen (secondary N) is 1. The van der Waals surface area contributed by atoms with Gasteiger partial charge in [0.25, 0.3) is 0 Å². The Morgan fingerprint density at radius 1 is 1.32 bits per heavy atom. The molecule has 3 rings (SSSR count). The fourth-order valence-corrected chi connectivity index (χ4v) is 3.17. The molecule has 1 N–H and O–H groups in total. The first kappa shape index (κ1) is 14.5. The van der Waals surface area contributed by atoms with E-state index in [1.54, 1.807) is 13.1 Å². The molecule has 2 atom stereocenters. The van der Waals surface area contributed by atoms with E-state index in [0.717, 1.165) is 23.6 Å². The molecule has 0 aliphatic heterocycles. The van der Waals surface area contributed by atoms with Crippen molar-refractivity contribution in [1.29, 1.82) is 0 Å². The molecule has 5 nitrogen and oxygen atoms in total. The second-order valence-electron chi connectivity index (χ2n) is 5.72. The molecule has 2 heterocycles. The highest BCUT2D eigenvalue weighted by Crippen LogP contribution is 2.33. The second-order valence-corrected chi connectivity index (χ2v) is 5.72. The van der Waals surface area contributed by atoms with Crippen molar-refractivity contribution in [3.05, 3.63) is 53.5 Å². The van der Waals surface area contributed by atoms with E-state index in [-0.39, 0.29) is 17.9 Å². The van der Waals surface area contributed by atoms with Crippen LogP contribution in [0.25, 0.3) is 5.82 Å². The highest BCUT2D eigenvalue weighted by molar-refractivity contribution is 5.73. The van der Waals surface area contributed by atoms with Crippen LogP contribution in [-0.2, 0) is 4.79 Å². The number of rotatable bonds is 3. The van der Waals surface area contributed by atoms with Gasteiger partial charge in [-0.25, -0.2) is 9.67 Å². The number of aryl methyl sites for hydroxylation is 1. The molecule has 0 spiro atoms. The summed E-state index contributed by atoms with van der Waals surface area (Å²) >= 11 is 0. The Balaban J connectivity index is 1.89. The van der Waals surface area contributed by atoms with Crippen LogP contribution >= 0.6 is 0 Å². The van der Waals surface area contributed by atoms with E-state index in [2.05, 4.69) is 34.5 Å². The lowest BCUT2D eigenvalue weighted by molar-refractivity contribution is -0.119. The van der Waals surface area contributed by atoms with Crippen LogP contribution in [-0.4, -0.2) is 26.7 Å². The van der Waals surface area contributed by atoms with Gasteiger partial charge in [0.15, 0.2) is 5.82 Å². The number of pyridine rings is 1. The summed E-state index contributed by atoms with van der Waals surface area (Å²) in [5, 5.41) is 7.60. The Kier molecular flexibility index (Phi) is 3.79. The van der Waals surface area contributed by atoms with Crippen LogP contribution in [0.15, 0.2) is 36.5 Å². The predicted octanol–water partition coefficient (Wildman–Crippen LogP) is 2.43. The summed E-state index contributed by atoms with van der Waals surface area (Å²) in [6.45, 7) is 5.65. The molecule has 1 amide bonds. The van der Waals surface area contributed by atoms with Crippen LogP contribution in [0.5, 0.6) is 0 Å². The third-order valence-electron chi connectivity index (χ3n) is 4.06. The highest BCUT2D eigenvalue weighted by atomic mass is 16.1. The molecule has 114 valence electrons. The van der Waals surface area contributed by atoms with Crippen LogP contribution in [0.4, 0.5) is 0 Å². The molecule has 2 aromatic heterocycles. The summed E-state index contributed by atoms with van der Waals surface area (Å²) in [5.74, 6) is 1.12. The van der Waals surface area contributed by atoms with Crippen molar-refractivity contribution in [3.63, 3.8) is 0 Å². The van der Waals surface area contributed by atoms with E-state index in [1.165, 1.54) is 5.56 Å². The van der Waals surface area contributed by atoms with Gasteiger partial charge in [-0.3, -0.25) is 4.79 Å². The minimum Gasteiger partial charge on any atom is -0.350 e. The van der Waals surface area contributed by atoms with Gasteiger partial charge in [0.05, 0.1) is 5.69 Å². The quantitative estimate of drug-likeness (QED) is 0.885. The summed E-state index contributed by atoms with van der Waals surface area (Å²) in [6, 6.07) is 5.92. The number of nitrogens with zero attached hydrogens (tertiary/aromatic N) is 3. The first-order chi connectivity index (χ1) is 10.6. The molecule has 0 radical (unpaired) electrons. The molecule has 0 fully saturated rings. The first-order valence-electron chi connectivity index (χ1n) is 7.49. The van der Waals surface area contributed by atoms with Crippen LogP contribution in [0.2, 0.25) is 0 Å². The van der Waals surface area contributed by atoms with Crippen LogP contribution in [0.3, 0.4) is 0 Å². The molecule has 0 saturated carbocycles. The maximum Gasteiger partial charge on any atom is 0.217 e. The van der Waals surface area contributed by atoms with E-state index in [1.807, 2.05) is 29.8 Å². The molecule has 0 unspecified atom stereocenters. The monoisotopic (exact) mass is 296 g/mol. The topological polar surface area (TPSA) is 59.8 Å². The highest BCUT2D eigenvalue weighted by Gasteiger charge is 2.26. The fourth-order valence-electron chi connectivity index (χ4n) is 3.17. The Morgan fingerprint density at radius 2 is 2.14 bits per heavy atom. The van der Waals surface area contributed by atoms with Crippen LogP contribution in [0.1, 0.15) is 36.2 Å². The van der Waals surface area contributed by atoms with Gasteiger partial charge in [-0.05, 0) is 32.4 Å². The van der Waals surface area contributed by atoms with Gasteiger partial charge in [0.2, 0.25) is 5.91 Å². The maximum atomic E-state index is 11.2. The zero-order valence-electron chi connectivity index (χ0n) is 13.1. The summed E-state index contributed by atoms with van der Waals surface area (Å²) in [5.41, 5.74) is 3.35. The minimum absolute atomic E-state index is 0.00734. The van der Waals surface area contributed by atoms with E-state index in [0.29, 0.717) is 0 Å². The number of amides is 1. The third kappa shape index (κ3) is 2.66. The van der Waals surface area contributed by atoms with Crippen LogP contribution < -0.4 is 5.32 Å². The molecular weight excluding hydrogens is 276 g/mol. The zero-order valence-corrected chi connectivity index (χ0v) is 13.1. The molecule has 0 bridgehead atoms. The Morgan fingerprint density at radius 3 is 2.82 bits per heavy atom. The van der Waals surface area contributed by atoms with Gasteiger partial charge in [-0.15, -0.1) is 0 Å². The van der Waals surface area contributed by atoms with E-state index < -0.39 is 0 Å². The normalized spacial score (nSPS) is 20.3. The first-order valence-corrected chi connectivity index (χ1v) is 7.49. The molecule has 1 aliphatic carbocycles. The average molecular weight is 296 g/mol. The van der Waals surface area contributed by atoms with Gasteiger partial charge in [0, 0.05) is 36.3 Å². The van der Waals surface area contributed by atoms with Crippen molar-refractivity contribution in [2.75, 3.05) is 0 Å². The number of carbonyl (C=O) groups is 1. The lowest BCUT2D eigenvalue weighted by Gasteiger charge is -2.13. The van der Waals surface area contributed by atoms with Crippen molar-refractivity contribution in [2.45, 2.75) is 39.2 Å². The number of hydrogen-bond acceptors (Lipinski definition) is 3. The summed E-state index contributed by atoms with van der Waals surface area (Å²) in [4.78, 5) is 15.6. The Hall–Kier alpha value is -2.43. The largest absolute Gasteiger partial charge is 0.350 e. The SMILES string of the molecule is CC(=O)N[C@@H]1C=C[C@H](c2c(C)nn(-c3ccccn3)c2C)C1. The summed E-state index contributed by atoms with van der Waals surface area (Å²) in [6.07, 6.45) is 6.90. The molecule has 0 aromatic carbocycles. The number of aromatic nitrogens is 3. The average Bonchev–Trinajstić information content (AvgIpc) is 3.04. The molecule has 0 saturated heterocycles. The Labute approximate surface area is 130 Å². The number of carbonyl (C=O) groups excluding carboxylic acids is 1. The zero-order chi connectivity index (χ0) is 15.7. The van der Waals surface area contributed by atoms with Gasteiger partial charge in [-0.1, -0.05) is 18.2 Å². The second kappa shape index (κ2) is 5.75. The molecular formula is C17H20N4O. The predicted molar refractivity (Wildman–Crippen MR) is 84.9 cm³/mol. The van der Waals surface area contributed by atoms with Crippen molar-refractivity contribution >= 4 is 5.91 Å². The van der Waals surface area contributed by atoms with Crippen molar-refractivity contribution in [3.8, 4) is 5.82 Å². The summed E-state index contributed by atoms with van der Waals surface area (Å²) in [7, 11) is 0. The number of hydrogen-bond donors (Lipinski definition) is 1. The van der Waals surface area contributed by atoms with Gasteiger partial charge in [0.1, 0.15) is 0 Å². The lowest BCUT2D eigenvalue weighted by atomic mass is 9.96. The minimum atomic E-state index is 0.00734. The van der Waals surface area contributed by atoms with Gasteiger partial charge in [-0.2, -0.15) is 5.10 Å². The molecule has 2 aromatic rings. The molecule has 22 heavy (non-hydrogen) atoms. The van der Waals surface area contributed by atoms with E-state index in [4.69, 9.17) is 0 Å². The van der Waals surface area contributed by atoms with E-state index in [9.17, 15) is 4.79 Å². The maximum absolute atomic E-state index is 11.2. The van der Waals surface area contributed by atoms with Crippen molar-refractivity contribution in [1.82, 2.24) is 20.1 Å². The van der Waals surface area contributed by atoms with Crippen LogP contribution in [0, 0.1) is 13.8 Å². The van der Waals surface area contributed by atoms with Gasteiger partial charge >= 0.3 is 0 Å². The standard InChI is InChI=1S/C17H20N4O/c1-11-17(14-7-8-15(10-14)19-13(3)22)12(2)21(20-11)16-6-4-5-9-18-16/h4-9,14-15H,10H2,1-3H3,(H,19,22)/t14-,15+/m0/s1. The van der Waals surface area contributed by atoms with Gasteiger partial charge < -0.3 is 5.32 Å². The lowest BCUT2D eigenvalue weighted by Crippen LogP contribution is -2.30. The third-order valence-corrected chi connectivity index (χ3v) is 4.06. The smallest absolute Gasteiger partial charge is 0.217 e. The molecule has 1 aliphatic rings.